The normalized spacial score (nSPS) is 14.4. The van der Waals surface area contributed by atoms with Gasteiger partial charge in [-0.25, -0.2) is 0 Å². The smallest absolute Gasteiger partial charge is 0.172 e. The number of aliphatic imine (C=N–C) groups is 2. The van der Waals surface area contributed by atoms with Crippen LogP contribution in [0.3, 0.4) is 0 Å². The van der Waals surface area contributed by atoms with Gasteiger partial charge in [-0.3, -0.25) is 9.98 Å². The van der Waals surface area contributed by atoms with Gasteiger partial charge in [0.2, 0.25) is 0 Å². The molecule has 5 aromatic rings. The first-order valence-electron chi connectivity index (χ1n) is 14.5. The summed E-state index contributed by atoms with van der Waals surface area (Å²) >= 11 is 3.56. The Morgan fingerprint density at radius 1 is 0.767 bits per heavy atom. The summed E-state index contributed by atoms with van der Waals surface area (Å²) in [6.45, 7) is 1.48. The minimum absolute atomic E-state index is 0.0158. The molecule has 0 saturated carbocycles. The van der Waals surface area contributed by atoms with Crippen LogP contribution >= 0.6 is 15.9 Å². The average molecular weight is 642 g/mol. The van der Waals surface area contributed by atoms with E-state index in [4.69, 9.17) is 24.2 Å². The fraction of sp³-hybridized carbons (Fsp3) is 0.294. The molecule has 0 amide bonds. The number of nitrogens with zero attached hydrogens (tertiary/aromatic N) is 2. The molecule has 2 aliphatic rings. The van der Waals surface area contributed by atoms with Gasteiger partial charge in [-0.1, -0.05) is 0 Å². The van der Waals surface area contributed by atoms with Crippen molar-refractivity contribution in [2.24, 2.45) is 9.98 Å². The number of rotatable bonds is 8. The Kier molecular flexibility index (Phi) is 7.13. The van der Waals surface area contributed by atoms with E-state index in [0.29, 0.717) is 23.1 Å². The fourth-order valence-corrected chi connectivity index (χ4v) is 7.05. The van der Waals surface area contributed by atoms with Gasteiger partial charge in [0.05, 0.1) is 48.6 Å². The number of halogens is 1. The number of aromatic nitrogens is 2. The van der Waals surface area contributed by atoms with E-state index >= 15 is 0 Å². The zero-order chi connectivity index (χ0) is 29.7. The molecule has 3 aromatic carbocycles. The lowest BCUT2D eigenvalue weighted by Gasteiger charge is -2.24. The van der Waals surface area contributed by atoms with E-state index < -0.39 is 0 Å². The third-order valence-corrected chi connectivity index (χ3v) is 9.36. The molecule has 0 unspecified atom stereocenters. The van der Waals surface area contributed by atoms with Crippen molar-refractivity contribution >= 4 is 49.2 Å². The molecule has 0 bridgehead atoms. The zero-order valence-electron chi connectivity index (χ0n) is 24.4. The van der Waals surface area contributed by atoms with Crippen molar-refractivity contribution in [2.45, 2.75) is 31.6 Å². The van der Waals surface area contributed by atoms with Crippen LogP contribution in [0.2, 0.25) is 0 Å². The monoisotopic (exact) mass is 640 g/mol. The van der Waals surface area contributed by atoms with Crippen molar-refractivity contribution in [2.75, 3.05) is 34.4 Å². The van der Waals surface area contributed by atoms with Crippen molar-refractivity contribution in [3.63, 3.8) is 0 Å². The molecule has 3 N–H and O–H groups in total. The minimum Gasteiger partial charge on any atom is -0.503 e. The first-order chi connectivity index (χ1) is 21.0. The van der Waals surface area contributed by atoms with Crippen molar-refractivity contribution in [1.82, 2.24) is 9.97 Å². The summed E-state index contributed by atoms with van der Waals surface area (Å²) in [5, 5.41) is 13.0. The van der Waals surface area contributed by atoms with Crippen molar-refractivity contribution < 1.29 is 19.3 Å². The third-order valence-electron chi connectivity index (χ3n) is 8.75. The zero-order valence-corrected chi connectivity index (χ0v) is 26.0. The van der Waals surface area contributed by atoms with E-state index in [-0.39, 0.29) is 11.7 Å². The Labute approximate surface area is 257 Å². The summed E-state index contributed by atoms with van der Waals surface area (Å²) in [6, 6.07) is 16.3. The minimum atomic E-state index is 0.0158. The second-order valence-electron chi connectivity index (χ2n) is 11.1. The quantitative estimate of drug-likeness (QED) is 0.168. The number of nitrogens with one attached hydrogen (secondary N) is 2. The Bertz CT molecular complexity index is 1830. The molecule has 0 aliphatic carbocycles. The number of hydrogen-bond donors (Lipinski definition) is 3. The number of aromatic amines is 2. The maximum atomic E-state index is 10.6. The van der Waals surface area contributed by atoms with Crippen LogP contribution in [-0.4, -0.2) is 60.9 Å². The van der Waals surface area contributed by atoms with Gasteiger partial charge in [0.25, 0.3) is 0 Å². The maximum Gasteiger partial charge on any atom is 0.172 e. The molecule has 0 radical (unpaired) electrons. The van der Waals surface area contributed by atoms with E-state index in [9.17, 15) is 5.11 Å². The van der Waals surface area contributed by atoms with Crippen LogP contribution in [0.15, 0.2) is 63.0 Å². The molecule has 8 nitrogen and oxygen atoms in total. The van der Waals surface area contributed by atoms with Gasteiger partial charge in [-0.05, 0) is 101 Å². The molecule has 0 atom stereocenters. The molecular weight excluding hydrogens is 608 g/mol. The molecule has 2 aromatic heterocycles. The third kappa shape index (κ3) is 4.85. The SMILES string of the molecule is COc1ccc2c3c([nH]c2c1)C(CC(CC1=NCCc2c1[nH]c1cc(OC)ccc21)c1cc(Br)c(O)c(OC)c1)=NCC3. The van der Waals surface area contributed by atoms with Crippen LogP contribution in [0.25, 0.3) is 21.8 Å². The van der Waals surface area contributed by atoms with Crippen LogP contribution < -0.4 is 14.2 Å². The van der Waals surface area contributed by atoms with Crippen LogP contribution in [0.1, 0.15) is 46.8 Å². The highest BCUT2D eigenvalue weighted by Gasteiger charge is 2.28. The highest BCUT2D eigenvalue weighted by molar-refractivity contribution is 9.10. The van der Waals surface area contributed by atoms with Gasteiger partial charge in [0, 0.05) is 47.0 Å². The van der Waals surface area contributed by atoms with Crippen LogP contribution in [0.4, 0.5) is 0 Å². The lowest BCUT2D eigenvalue weighted by Crippen LogP contribution is -2.20. The van der Waals surface area contributed by atoms with E-state index in [1.54, 1.807) is 21.3 Å². The average Bonchev–Trinajstić information content (AvgIpc) is 3.60. The molecule has 4 heterocycles. The number of phenols is 1. The van der Waals surface area contributed by atoms with Crippen LogP contribution in [0.5, 0.6) is 23.0 Å². The number of hydrogen-bond acceptors (Lipinski definition) is 6. The Hall–Kier alpha value is -4.24. The van der Waals surface area contributed by atoms with E-state index in [2.05, 4.69) is 38.0 Å². The van der Waals surface area contributed by atoms with Gasteiger partial charge >= 0.3 is 0 Å². The Morgan fingerprint density at radius 2 is 1.30 bits per heavy atom. The number of fused-ring (bicyclic) bond motifs is 6. The maximum absolute atomic E-state index is 10.6. The number of methoxy groups -OCH3 is 3. The van der Waals surface area contributed by atoms with Gasteiger partial charge in [0.15, 0.2) is 11.5 Å². The van der Waals surface area contributed by atoms with Crippen molar-refractivity contribution in [3.8, 4) is 23.0 Å². The summed E-state index contributed by atoms with van der Waals surface area (Å²) in [5.74, 6) is 2.19. The first kappa shape index (κ1) is 27.6. The van der Waals surface area contributed by atoms with Gasteiger partial charge in [-0.15, -0.1) is 0 Å². The standard InChI is InChI=1S/C34H33BrN4O4/c1-41-20-4-6-22-24-8-10-36-29(32(24)38-27(22)16-20)13-19(18-12-26(35)34(40)31(15-18)43-3)14-30-33-25(9-11-37-30)23-7-5-21(42-2)17-28(23)39-33/h4-7,12,15-17,19,38-40H,8-11,13-14H2,1-3H3. The summed E-state index contributed by atoms with van der Waals surface area (Å²) in [6.07, 6.45) is 3.17. The summed E-state index contributed by atoms with van der Waals surface area (Å²) in [7, 11) is 4.95. The Morgan fingerprint density at radius 3 is 1.79 bits per heavy atom. The molecule has 220 valence electrons. The molecule has 9 heteroatoms. The number of phenolic OH excluding ortho intramolecular Hbond substituents is 1. The van der Waals surface area contributed by atoms with Crippen molar-refractivity contribution in [3.05, 3.63) is 81.1 Å². The molecule has 0 saturated heterocycles. The van der Waals surface area contributed by atoms with Crippen molar-refractivity contribution in [1.29, 1.82) is 0 Å². The topological polar surface area (TPSA) is 104 Å². The molecular formula is C34H33BrN4O4. The fourth-order valence-electron chi connectivity index (χ4n) is 6.59. The van der Waals surface area contributed by atoms with Crippen LogP contribution in [-0.2, 0) is 12.8 Å². The van der Waals surface area contributed by atoms with Gasteiger partial charge in [-0.2, -0.15) is 0 Å². The number of ether oxygens (including phenoxy) is 3. The summed E-state index contributed by atoms with van der Waals surface area (Å²) in [4.78, 5) is 17.4. The Balaban J connectivity index is 1.30. The first-order valence-corrected chi connectivity index (χ1v) is 15.3. The number of benzene rings is 3. The lowest BCUT2D eigenvalue weighted by atomic mass is 9.84. The van der Waals surface area contributed by atoms with E-state index in [1.807, 2.05) is 36.4 Å². The van der Waals surface area contributed by atoms with Gasteiger partial charge in [0.1, 0.15) is 11.5 Å². The molecule has 0 fully saturated rings. The highest BCUT2D eigenvalue weighted by Crippen LogP contribution is 2.41. The predicted molar refractivity (Wildman–Crippen MR) is 174 cm³/mol. The number of H-pyrrole nitrogens is 2. The summed E-state index contributed by atoms with van der Waals surface area (Å²) < 4.78 is 17.1. The second kappa shape index (κ2) is 11.1. The van der Waals surface area contributed by atoms with Crippen LogP contribution in [0, 0.1) is 0 Å². The van der Waals surface area contributed by atoms with E-state index in [1.165, 1.54) is 21.9 Å². The molecule has 43 heavy (non-hydrogen) atoms. The van der Waals surface area contributed by atoms with Gasteiger partial charge < -0.3 is 29.3 Å². The van der Waals surface area contributed by atoms with E-state index in [0.717, 1.165) is 76.8 Å². The molecule has 7 rings (SSSR count). The largest absolute Gasteiger partial charge is 0.503 e. The molecule has 0 spiro atoms. The highest BCUT2D eigenvalue weighted by atomic mass is 79.9. The summed E-state index contributed by atoms with van der Waals surface area (Å²) in [5.41, 5.74) is 10.0. The second-order valence-corrected chi connectivity index (χ2v) is 12.0. The lowest BCUT2D eigenvalue weighted by molar-refractivity contribution is 0.371. The predicted octanol–water partition coefficient (Wildman–Crippen LogP) is 7.10. The number of aromatic hydroxyl groups is 1. The molecule has 2 aliphatic heterocycles.